The van der Waals surface area contributed by atoms with Crippen molar-refractivity contribution in [3.63, 3.8) is 0 Å². The van der Waals surface area contributed by atoms with Crippen molar-refractivity contribution in [1.82, 2.24) is 0 Å². The van der Waals surface area contributed by atoms with Gasteiger partial charge in [-0.1, -0.05) is 42.5 Å². The average Bonchev–Trinajstić information content (AvgIpc) is 2.35. The number of rotatable bonds is 7. The van der Waals surface area contributed by atoms with Crippen LogP contribution in [0, 0.1) is 0 Å². The molecule has 0 spiro atoms. The minimum Gasteiger partial charge on any atom is -0.379 e. The zero-order chi connectivity index (χ0) is 11.6. The van der Waals surface area contributed by atoms with Gasteiger partial charge in [0, 0.05) is 7.11 Å². The van der Waals surface area contributed by atoms with Gasteiger partial charge in [-0.05, 0) is 18.9 Å². The first kappa shape index (κ1) is 12.9. The summed E-state index contributed by atoms with van der Waals surface area (Å²) in [6.45, 7) is 3.30. The van der Waals surface area contributed by atoms with Gasteiger partial charge in [0.2, 0.25) is 0 Å². The van der Waals surface area contributed by atoms with Crippen LogP contribution in [0.5, 0.6) is 0 Å². The maximum Gasteiger partial charge on any atom is 0.0839 e. The van der Waals surface area contributed by atoms with Crippen molar-refractivity contribution < 1.29 is 9.47 Å². The summed E-state index contributed by atoms with van der Waals surface area (Å²) in [6.07, 6.45) is 5.19. The Morgan fingerprint density at radius 2 is 2.00 bits per heavy atom. The van der Waals surface area contributed by atoms with Crippen molar-refractivity contribution in [2.24, 2.45) is 0 Å². The summed E-state index contributed by atoms with van der Waals surface area (Å²) in [7, 11) is 1.72. The lowest BCUT2D eigenvalue weighted by Crippen LogP contribution is -2.17. The average molecular weight is 220 g/mol. The van der Waals surface area contributed by atoms with E-state index in [1.165, 1.54) is 5.56 Å². The van der Waals surface area contributed by atoms with Crippen LogP contribution < -0.4 is 0 Å². The van der Waals surface area contributed by atoms with Crippen LogP contribution in [0.15, 0.2) is 42.5 Å². The Labute approximate surface area is 97.9 Å². The van der Waals surface area contributed by atoms with Gasteiger partial charge in [0.15, 0.2) is 0 Å². The van der Waals surface area contributed by atoms with Gasteiger partial charge in [0.05, 0.1) is 19.3 Å². The molecule has 0 unspecified atom stereocenters. The zero-order valence-electron chi connectivity index (χ0n) is 10.1. The van der Waals surface area contributed by atoms with Gasteiger partial charge in [-0.15, -0.1) is 0 Å². The topological polar surface area (TPSA) is 18.5 Å². The Balaban J connectivity index is 2.23. The molecule has 0 saturated carbocycles. The van der Waals surface area contributed by atoms with Gasteiger partial charge in [0.25, 0.3) is 0 Å². The summed E-state index contributed by atoms with van der Waals surface area (Å²) < 4.78 is 10.9. The molecule has 2 heteroatoms. The number of allylic oxidation sites excluding steroid dienone is 1. The Morgan fingerprint density at radius 3 is 2.62 bits per heavy atom. The van der Waals surface area contributed by atoms with E-state index in [1.807, 2.05) is 31.2 Å². The van der Waals surface area contributed by atoms with Crippen LogP contribution in [0.4, 0.5) is 0 Å². The Morgan fingerprint density at radius 1 is 1.25 bits per heavy atom. The molecule has 0 fully saturated rings. The molecule has 0 aliphatic carbocycles. The maximum absolute atomic E-state index is 5.61. The molecule has 1 aromatic rings. The van der Waals surface area contributed by atoms with E-state index >= 15 is 0 Å². The quantitative estimate of drug-likeness (QED) is 0.657. The molecule has 1 aromatic carbocycles. The number of hydrogen-bond acceptors (Lipinski definition) is 2. The van der Waals surface area contributed by atoms with E-state index in [1.54, 1.807) is 7.11 Å². The molecule has 0 radical (unpaired) electrons. The fourth-order valence-corrected chi connectivity index (χ4v) is 1.40. The van der Waals surface area contributed by atoms with Gasteiger partial charge < -0.3 is 9.47 Å². The van der Waals surface area contributed by atoms with Crippen LogP contribution in [0.3, 0.4) is 0 Å². The predicted molar refractivity (Wildman–Crippen MR) is 66.3 cm³/mol. The molecule has 0 N–H and O–H groups in total. The second kappa shape index (κ2) is 8.08. The minimum absolute atomic E-state index is 0.153. The van der Waals surface area contributed by atoms with Crippen LogP contribution in [0.2, 0.25) is 0 Å². The number of methoxy groups -OCH3 is 1. The lowest BCUT2D eigenvalue weighted by molar-refractivity contribution is 0.00381. The summed E-state index contributed by atoms with van der Waals surface area (Å²) in [6, 6.07) is 10.2. The van der Waals surface area contributed by atoms with Crippen molar-refractivity contribution in [2.45, 2.75) is 26.1 Å². The number of benzene rings is 1. The highest BCUT2D eigenvalue weighted by molar-refractivity contribution is 5.13. The first-order valence-corrected chi connectivity index (χ1v) is 5.62. The molecule has 0 heterocycles. The van der Waals surface area contributed by atoms with Gasteiger partial charge in [0.1, 0.15) is 0 Å². The Kier molecular flexibility index (Phi) is 6.54. The minimum atomic E-state index is 0.153. The highest BCUT2D eigenvalue weighted by atomic mass is 16.5. The molecule has 88 valence electrons. The SMILES string of the molecule is C/C=C/C[C@H](COCc1ccccc1)OC. The van der Waals surface area contributed by atoms with E-state index in [0.29, 0.717) is 13.2 Å². The molecule has 0 aromatic heterocycles. The third kappa shape index (κ3) is 5.10. The monoisotopic (exact) mass is 220 g/mol. The van der Waals surface area contributed by atoms with Crippen LogP contribution >= 0.6 is 0 Å². The van der Waals surface area contributed by atoms with Crippen molar-refractivity contribution in [2.75, 3.05) is 13.7 Å². The van der Waals surface area contributed by atoms with E-state index in [2.05, 4.69) is 18.2 Å². The fourth-order valence-electron chi connectivity index (χ4n) is 1.40. The Hall–Kier alpha value is -1.12. The van der Waals surface area contributed by atoms with E-state index < -0.39 is 0 Å². The second-order valence-electron chi connectivity index (χ2n) is 3.66. The van der Waals surface area contributed by atoms with Crippen molar-refractivity contribution in [3.05, 3.63) is 48.0 Å². The fraction of sp³-hybridized carbons (Fsp3) is 0.429. The lowest BCUT2D eigenvalue weighted by Gasteiger charge is -2.13. The summed E-state index contributed by atoms with van der Waals surface area (Å²) in [5.41, 5.74) is 1.20. The third-order valence-electron chi connectivity index (χ3n) is 2.38. The molecule has 0 amide bonds. The van der Waals surface area contributed by atoms with E-state index in [9.17, 15) is 0 Å². The molecule has 2 nitrogen and oxygen atoms in total. The molecule has 0 aliphatic heterocycles. The smallest absolute Gasteiger partial charge is 0.0839 e. The first-order chi connectivity index (χ1) is 7.86. The number of hydrogen-bond donors (Lipinski definition) is 0. The molecule has 1 atom stereocenters. The van der Waals surface area contributed by atoms with Crippen LogP contribution in [-0.2, 0) is 16.1 Å². The summed E-state index contributed by atoms with van der Waals surface area (Å²) in [5, 5.41) is 0. The molecule has 0 aliphatic rings. The standard InChI is InChI=1S/C14H20O2/c1-3-4-10-14(15-2)12-16-11-13-8-6-5-7-9-13/h3-9,14H,10-12H2,1-2H3/b4-3+/t14-/m1/s1. The van der Waals surface area contributed by atoms with Gasteiger partial charge in [-0.25, -0.2) is 0 Å². The van der Waals surface area contributed by atoms with Crippen LogP contribution in [0.25, 0.3) is 0 Å². The van der Waals surface area contributed by atoms with E-state index in [0.717, 1.165) is 6.42 Å². The predicted octanol–water partition coefficient (Wildman–Crippen LogP) is 3.18. The van der Waals surface area contributed by atoms with Crippen molar-refractivity contribution in [1.29, 1.82) is 0 Å². The summed E-state index contributed by atoms with van der Waals surface area (Å²) >= 11 is 0. The number of ether oxygens (including phenoxy) is 2. The largest absolute Gasteiger partial charge is 0.379 e. The first-order valence-electron chi connectivity index (χ1n) is 5.62. The van der Waals surface area contributed by atoms with Gasteiger partial charge in [-0.3, -0.25) is 0 Å². The van der Waals surface area contributed by atoms with Crippen LogP contribution in [0.1, 0.15) is 18.9 Å². The molecule has 1 rings (SSSR count). The molecular weight excluding hydrogens is 200 g/mol. The Bertz CT molecular complexity index is 293. The van der Waals surface area contributed by atoms with Gasteiger partial charge in [-0.2, -0.15) is 0 Å². The van der Waals surface area contributed by atoms with Crippen molar-refractivity contribution in [3.8, 4) is 0 Å². The molecular formula is C14H20O2. The zero-order valence-corrected chi connectivity index (χ0v) is 10.1. The van der Waals surface area contributed by atoms with Crippen LogP contribution in [-0.4, -0.2) is 19.8 Å². The summed E-state index contributed by atoms with van der Waals surface area (Å²) in [4.78, 5) is 0. The van der Waals surface area contributed by atoms with Gasteiger partial charge >= 0.3 is 0 Å². The second-order valence-corrected chi connectivity index (χ2v) is 3.66. The maximum atomic E-state index is 5.61. The third-order valence-corrected chi connectivity index (χ3v) is 2.38. The van der Waals surface area contributed by atoms with E-state index in [-0.39, 0.29) is 6.10 Å². The molecule has 0 saturated heterocycles. The highest BCUT2D eigenvalue weighted by Crippen LogP contribution is 2.04. The van der Waals surface area contributed by atoms with E-state index in [4.69, 9.17) is 9.47 Å². The molecule has 16 heavy (non-hydrogen) atoms. The molecule has 0 bridgehead atoms. The summed E-state index contributed by atoms with van der Waals surface area (Å²) in [5.74, 6) is 0. The normalized spacial score (nSPS) is 13.1. The van der Waals surface area contributed by atoms with Crippen molar-refractivity contribution >= 4 is 0 Å². The highest BCUT2D eigenvalue weighted by Gasteiger charge is 2.04. The lowest BCUT2D eigenvalue weighted by atomic mass is 10.2.